The van der Waals surface area contributed by atoms with Crippen LogP contribution in [0.5, 0.6) is 0 Å². The van der Waals surface area contributed by atoms with Gasteiger partial charge < -0.3 is 15.6 Å². The van der Waals surface area contributed by atoms with Crippen molar-refractivity contribution in [2.75, 3.05) is 20.3 Å². The van der Waals surface area contributed by atoms with Crippen molar-refractivity contribution in [1.82, 2.24) is 0 Å². The third-order valence-corrected chi connectivity index (χ3v) is 3.37. The Labute approximate surface area is 110 Å². The lowest BCUT2D eigenvalue weighted by molar-refractivity contribution is 0.0920. The summed E-state index contributed by atoms with van der Waals surface area (Å²) in [6.07, 6.45) is 0.171. The molecule has 2 unspecified atom stereocenters. The highest BCUT2D eigenvalue weighted by molar-refractivity contribution is 5.28. The van der Waals surface area contributed by atoms with Crippen LogP contribution in [0.3, 0.4) is 0 Å². The van der Waals surface area contributed by atoms with E-state index in [4.69, 9.17) is 10.5 Å². The molecule has 0 amide bonds. The lowest BCUT2D eigenvalue weighted by Gasteiger charge is -2.22. The molecule has 18 heavy (non-hydrogen) atoms. The van der Waals surface area contributed by atoms with E-state index in [-0.39, 0.29) is 5.92 Å². The number of hydrogen-bond donors (Lipinski definition) is 2. The third-order valence-electron chi connectivity index (χ3n) is 3.37. The molecule has 2 atom stereocenters. The molecule has 0 bridgehead atoms. The quantitative estimate of drug-likeness (QED) is 0.781. The molecule has 0 saturated heterocycles. The van der Waals surface area contributed by atoms with Crippen LogP contribution >= 0.6 is 0 Å². The van der Waals surface area contributed by atoms with Crippen molar-refractivity contribution in [3.63, 3.8) is 0 Å². The largest absolute Gasteiger partial charge is 0.392 e. The van der Waals surface area contributed by atoms with Gasteiger partial charge in [-0.2, -0.15) is 0 Å². The molecule has 0 heterocycles. The van der Waals surface area contributed by atoms with E-state index < -0.39 is 6.10 Å². The first-order valence-electron chi connectivity index (χ1n) is 6.57. The summed E-state index contributed by atoms with van der Waals surface area (Å²) in [7, 11) is 1.64. The van der Waals surface area contributed by atoms with Crippen LogP contribution in [0.1, 0.15) is 43.2 Å². The Kier molecular flexibility index (Phi) is 6.33. The van der Waals surface area contributed by atoms with Crippen LogP contribution in [0.2, 0.25) is 0 Å². The maximum Gasteiger partial charge on any atom is 0.0642 e. The van der Waals surface area contributed by atoms with Gasteiger partial charge in [0.2, 0.25) is 0 Å². The Morgan fingerprint density at radius 3 is 2.17 bits per heavy atom. The highest BCUT2D eigenvalue weighted by Crippen LogP contribution is 2.23. The summed E-state index contributed by atoms with van der Waals surface area (Å²) in [5.74, 6) is 0.509. The summed E-state index contributed by atoms with van der Waals surface area (Å²) in [6, 6.07) is 8.38. The number of benzene rings is 1. The maximum absolute atomic E-state index is 10.1. The average Bonchev–Trinajstić information content (AvgIpc) is 2.37. The van der Waals surface area contributed by atoms with Crippen LogP contribution in [0.15, 0.2) is 24.3 Å². The van der Waals surface area contributed by atoms with Gasteiger partial charge in [0, 0.05) is 26.2 Å². The molecule has 3 heteroatoms. The number of hydrogen-bond acceptors (Lipinski definition) is 3. The summed E-state index contributed by atoms with van der Waals surface area (Å²) in [6.45, 7) is 5.35. The second-order valence-corrected chi connectivity index (χ2v) is 5.01. The average molecular weight is 251 g/mol. The number of rotatable bonds is 7. The van der Waals surface area contributed by atoms with Crippen molar-refractivity contribution in [3.8, 4) is 0 Å². The van der Waals surface area contributed by atoms with Crippen molar-refractivity contribution >= 4 is 0 Å². The Balaban J connectivity index is 2.75. The van der Waals surface area contributed by atoms with Crippen molar-refractivity contribution in [1.29, 1.82) is 0 Å². The summed E-state index contributed by atoms with van der Waals surface area (Å²) >= 11 is 0. The third kappa shape index (κ3) is 4.09. The van der Waals surface area contributed by atoms with Gasteiger partial charge in [0.25, 0.3) is 0 Å². The van der Waals surface area contributed by atoms with Gasteiger partial charge in [-0.05, 0) is 23.5 Å². The van der Waals surface area contributed by atoms with E-state index in [1.807, 2.05) is 0 Å². The van der Waals surface area contributed by atoms with Gasteiger partial charge in [0.1, 0.15) is 0 Å². The monoisotopic (exact) mass is 251 g/mol. The number of ether oxygens (including phenoxy) is 1. The normalized spacial score (nSPS) is 14.8. The predicted molar refractivity (Wildman–Crippen MR) is 74.8 cm³/mol. The summed E-state index contributed by atoms with van der Waals surface area (Å²) in [5.41, 5.74) is 8.18. The summed E-state index contributed by atoms with van der Waals surface area (Å²) in [4.78, 5) is 0. The van der Waals surface area contributed by atoms with E-state index >= 15 is 0 Å². The molecule has 0 saturated carbocycles. The first kappa shape index (κ1) is 15.2. The van der Waals surface area contributed by atoms with Gasteiger partial charge in [-0.3, -0.25) is 0 Å². The molecule has 0 aliphatic heterocycles. The van der Waals surface area contributed by atoms with Crippen LogP contribution in [-0.4, -0.2) is 31.5 Å². The molecular weight excluding hydrogens is 226 g/mol. The Morgan fingerprint density at radius 2 is 1.72 bits per heavy atom. The highest BCUT2D eigenvalue weighted by Gasteiger charge is 2.19. The minimum Gasteiger partial charge on any atom is -0.392 e. The second-order valence-electron chi connectivity index (χ2n) is 5.01. The van der Waals surface area contributed by atoms with E-state index in [9.17, 15) is 5.11 Å². The fourth-order valence-electron chi connectivity index (χ4n) is 2.08. The van der Waals surface area contributed by atoms with E-state index in [2.05, 4.69) is 38.1 Å². The van der Waals surface area contributed by atoms with Gasteiger partial charge >= 0.3 is 0 Å². The highest BCUT2D eigenvalue weighted by atomic mass is 16.5. The minimum absolute atomic E-state index is 0.0126. The first-order chi connectivity index (χ1) is 8.60. The zero-order valence-electron chi connectivity index (χ0n) is 11.6. The van der Waals surface area contributed by atoms with Crippen LogP contribution in [-0.2, 0) is 4.74 Å². The number of nitrogens with two attached hydrogens (primary N) is 1. The van der Waals surface area contributed by atoms with Gasteiger partial charge in [-0.25, -0.2) is 0 Å². The molecule has 3 N–H and O–H groups in total. The fraction of sp³-hybridized carbons (Fsp3) is 0.600. The Morgan fingerprint density at radius 1 is 1.17 bits per heavy atom. The molecule has 1 aromatic carbocycles. The summed E-state index contributed by atoms with van der Waals surface area (Å²) in [5, 5.41) is 10.1. The lowest BCUT2D eigenvalue weighted by Crippen LogP contribution is -2.27. The standard InChI is InChI=1S/C15H25NO2/c1-11(2)12-4-6-13(7-5-12)14(10-16)15(17)8-9-18-3/h4-7,11,14-15,17H,8-10,16H2,1-3H3. The molecule has 0 radical (unpaired) electrons. The van der Waals surface area contributed by atoms with Crippen LogP contribution < -0.4 is 5.73 Å². The van der Waals surface area contributed by atoms with E-state index in [1.165, 1.54) is 5.56 Å². The van der Waals surface area contributed by atoms with Gasteiger partial charge in [0.15, 0.2) is 0 Å². The molecule has 1 rings (SSSR count). The van der Waals surface area contributed by atoms with Gasteiger partial charge in [0.05, 0.1) is 6.10 Å². The van der Waals surface area contributed by atoms with Crippen molar-refractivity contribution < 1.29 is 9.84 Å². The number of aliphatic hydroxyl groups is 1. The SMILES string of the molecule is COCCC(O)C(CN)c1ccc(C(C)C)cc1. The molecular formula is C15H25NO2. The molecule has 0 spiro atoms. The number of methoxy groups -OCH3 is 1. The van der Waals surface area contributed by atoms with E-state index in [0.717, 1.165) is 5.56 Å². The van der Waals surface area contributed by atoms with Crippen LogP contribution in [0, 0.1) is 0 Å². The molecule has 102 valence electrons. The topological polar surface area (TPSA) is 55.5 Å². The Bertz CT molecular complexity index is 335. The smallest absolute Gasteiger partial charge is 0.0642 e. The lowest BCUT2D eigenvalue weighted by atomic mass is 9.90. The van der Waals surface area contributed by atoms with Crippen LogP contribution in [0.4, 0.5) is 0 Å². The number of aliphatic hydroxyl groups excluding tert-OH is 1. The maximum atomic E-state index is 10.1. The molecule has 1 aromatic rings. The zero-order chi connectivity index (χ0) is 13.5. The zero-order valence-corrected chi connectivity index (χ0v) is 11.6. The molecule has 0 aliphatic rings. The minimum atomic E-state index is -0.445. The predicted octanol–water partition coefficient (Wildman–Crippen LogP) is 2.25. The van der Waals surface area contributed by atoms with E-state index in [1.54, 1.807) is 7.11 Å². The van der Waals surface area contributed by atoms with Gasteiger partial charge in [-0.15, -0.1) is 0 Å². The second kappa shape index (κ2) is 7.52. The van der Waals surface area contributed by atoms with Crippen molar-refractivity contribution in [3.05, 3.63) is 35.4 Å². The molecule has 0 aromatic heterocycles. The van der Waals surface area contributed by atoms with Gasteiger partial charge in [-0.1, -0.05) is 38.1 Å². The van der Waals surface area contributed by atoms with Crippen molar-refractivity contribution in [2.24, 2.45) is 5.73 Å². The van der Waals surface area contributed by atoms with Crippen molar-refractivity contribution in [2.45, 2.75) is 38.2 Å². The molecule has 0 fully saturated rings. The fourth-order valence-corrected chi connectivity index (χ4v) is 2.08. The van der Waals surface area contributed by atoms with E-state index in [0.29, 0.717) is 25.5 Å². The Hall–Kier alpha value is -0.900. The molecule has 0 aliphatic carbocycles. The molecule has 3 nitrogen and oxygen atoms in total. The summed E-state index contributed by atoms with van der Waals surface area (Å²) < 4.78 is 4.99. The van der Waals surface area contributed by atoms with Crippen LogP contribution in [0.25, 0.3) is 0 Å². The first-order valence-corrected chi connectivity index (χ1v) is 6.57.